The van der Waals surface area contributed by atoms with Crippen molar-refractivity contribution in [2.75, 3.05) is 23.7 Å². The van der Waals surface area contributed by atoms with Gasteiger partial charge in [-0.2, -0.15) is 4.99 Å². The van der Waals surface area contributed by atoms with Crippen LogP contribution in [0.15, 0.2) is 84.1 Å². The predicted octanol–water partition coefficient (Wildman–Crippen LogP) is 7.60. The molecule has 1 saturated heterocycles. The van der Waals surface area contributed by atoms with Crippen LogP contribution in [0.2, 0.25) is 0 Å². The van der Waals surface area contributed by atoms with E-state index in [-0.39, 0.29) is 11.8 Å². The maximum atomic E-state index is 12.6. The van der Waals surface area contributed by atoms with Crippen molar-refractivity contribution in [2.45, 2.75) is 45.4 Å². The number of ether oxygens (including phenoxy) is 1. The van der Waals surface area contributed by atoms with Gasteiger partial charge in [-0.25, -0.2) is 14.5 Å². The van der Waals surface area contributed by atoms with Gasteiger partial charge in [0, 0.05) is 30.1 Å². The van der Waals surface area contributed by atoms with E-state index in [4.69, 9.17) is 0 Å². The number of aliphatic imine (C=N–C) groups is 1. The van der Waals surface area contributed by atoms with Crippen LogP contribution in [0.5, 0.6) is 5.75 Å². The summed E-state index contributed by atoms with van der Waals surface area (Å²) in [5, 5.41) is 8.11. The number of alkyl halides is 3. The number of halogens is 3. The molecule has 0 atom stereocenters. The lowest BCUT2D eigenvalue weighted by Gasteiger charge is -2.22. The first-order valence-corrected chi connectivity index (χ1v) is 15.4. The average Bonchev–Trinajstić information content (AvgIpc) is 3.67. The number of hydrogen-bond acceptors (Lipinski definition) is 5. The Hall–Kier alpha value is -4.32. The van der Waals surface area contributed by atoms with Crippen molar-refractivity contribution < 1.29 is 22.7 Å². The maximum Gasteiger partial charge on any atom is 0.573 e. The van der Waals surface area contributed by atoms with Crippen molar-refractivity contribution >= 4 is 28.6 Å². The number of para-hydroxylation sites is 1. The highest BCUT2D eigenvalue weighted by molar-refractivity contribution is 8.14. The summed E-state index contributed by atoms with van der Waals surface area (Å²) in [5.74, 6) is 1.48. The summed E-state index contributed by atoms with van der Waals surface area (Å²) in [6, 6.07) is 21.3. The Labute approximate surface area is 258 Å². The highest BCUT2D eigenvalue weighted by atomic mass is 32.2. The number of nitrogens with zero attached hydrogens (tertiary/aromatic N) is 5. The van der Waals surface area contributed by atoms with Gasteiger partial charge < -0.3 is 15.0 Å². The Kier molecular flexibility index (Phi) is 9.89. The molecule has 0 aliphatic carbocycles. The first-order valence-electron chi connectivity index (χ1n) is 14.4. The van der Waals surface area contributed by atoms with Crippen LogP contribution in [0.3, 0.4) is 0 Å². The van der Waals surface area contributed by atoms with Crippen molar-refractivity contribution in [3.8, 4) is 22.8 Å². The van der Waals surface area contributed by atoms with Gasteiger partial charge in [-0.1, -0.05) is 68.1 Å². The number of aromatic nitrogens is 3. The fourth-order valence-corrected chi connectivity index (χ4v) is 5.81. The van der Waals surface area contributed by atoms with Gasteiger partial charge >= 0.3 is 12.4 Å². The largest absolute Gasteiger partial charge is 0.573 e. The van der Waals surface area contributed by atoms with Crippen LogP contribution in [-0.4, -0.2) is 51.2 Å². The van der Waals surface area contributed by atoms with Crippen molar-refractivity contribution in [3.63, 3.8) is 0 Å². The molecule has 1 aliphatic heterocycles. The lowest BCUT2D eigenvalue weighted by molar-refractivity contribution is -0.274. The number of hydrogen-bond donors (Lipinski definition) is 1. The van der Waals surface area contributed by atoms with Gasteiger partial charge in [-0.15, -0.1) is 18.3 Å². The summed E-state index contributed by atoms with van der Waals surface area (Å²) in [5.41, 5.74) is 4.90. The SMILES string of the molecule is CC(C)c1ccccc1N1CCSC1=NC(=O)NCCCCc1ccc(-c2ncn(-c3ccc(OC(F)(F)F)cc3)n2)cc1. The molecule has 4 aromatic rings. The van der Waals surface area contributed by atoms with E-state index >= 15 is 0 Å². The smallest absolute Gasteiger partial charge is 0.406 e. The van der Waals surface area contributed by atoms with E-state index in [1.54, 1.807) is 11.8 Å². The number of benzene rings is 3. The number of urea groups is 1. The van der Waals surface area contributed by atoms with Crippen molar-refractivity contribution in [2.24, 2.45) is 4.99 Å². The Morgan fingerprint density at radius 1 is 1.05 bits per heavy atom. The summed E-state index contributed by atoms with van der Waals surface area (Å²) in [7, 11) is 0. The van der Waals surface area contributed by atoms with E-state index in [1.165, 1.54) is 40.8 Å². The zero-order chi connectivity index (χ0) is 31.1. The molecule has 44 heavy (non-hydrogen) atoms. The second-order valence-corrected chi connectivity index (χ2v) is 11.6. The van der Waals surface area contributed by atoms with Crippen molar-refractivity contribution in [3.05, 3.63) is 90.3 Å². The second-order valence-electron chi connectivity index (χ2n) is 10.5. The lowest BCUT2D eigenvalue weighted by Crippen LogP contribution is -2.28. The Morgan fingerprint density at radius 3 is 2.52 bits per heavy atom. The summed E-state index contributed by atoms with van der Waals surface area (Å²) < 4.78 is 42.6. The molecule has 0 unspecified atom stereocenters. The summed E-state index contributed by atoms with van der Waals surface area (Å²) in [4.78, 5) is 23.4. The highest BCUT2D eigenvalue weighted by Crippen LogP contribution is 2.32. The third-order valence-corrected chi connectivity index (χ3v) is 7.99. The van der Waals surface area contributed by atoms with Gasteiger partial charge in [0.25, 0.3) is 0 Å². The molecular formula is C32H33F3N6O2S. The van der Waals surface area contributed by atoms with Gasteiger partial charge in [0.15, 0.2) is 11.0 Å². The number of amides is 2. The molecule has 12 heteroatoms. The highest BCUT2D eigenvalue weighted by Gasteiger charge is 2.31. The zero-order valence-corrected chi connectivity index (χ0v) is 25.2. The lowest BCUT2D eigenvalue weighted by atomic mass is 10.0. The van der Waals surface area contributed by atoms with E-state index in [9.17, 15) is 18.0 Å². The Balaban J connectivity index is 1.07. The maximum absolute atomic E-state index is 12.6. The molecule has 2 heterocycles. The van der Waals surface area contributed by atoms with Crippen LogP contribution in [0.4, 0.5) is 23.7 Å². The van der Waals surface area contributed by atoms with Crippen LogP contribution < -0.4 is 15.0 Å². The summed E-state index contributed by atoms with van der Waals surface area (Å²) >= 11 is 1.60. The monoisotopic (exact) mass is 622 g/mol. The molecule has 1 aliphatic rings. The molecule has 2 amide bonds. The zero-order valence-electron chi connectivity index (χ0n) is 24.4. The predicted molar refractivity (Wildman–Crippen MR) is 168 cm³/mol. The third-order valence-electron chi connectivity index (χ3n) is 7.03. The van der Waals surface area contributed by atoms with Crippen molar-refractivity contribution in [1.29, 1.82) is 0 Å². The van der Waals surface area contributed by atoms with E-state index in [0.717, 1.165) is 53.5 Å². The number of rotatable bonds is 10. The molecule has 5 rings (SSSR count). The number of nitrogens with one attached hydrogen (secondary N) is 1. The molecule has 0 saturated carbocycles. The first-order chi connectivity index (χ1) is 21.2. The van der Waals surface area contributed by atoms with Gasteiger partial charge in [0.2, 0.25) is 0 Å². The molecule has 3 aromatic carbocycles. The molecular weight excluding hydrogens is 589 g/mol. The minimum Gasteiger partial charge on any atom is -0.406 e. The quantitative estimate of drug-likeness (QED) is 0.184. The fraction of sp³-hybridized carbons (Fsp3) is 0.312. The standard InChI is InChI=1S/C32H33F3N6O2S/c1-22(2)27-8-3-4-9-28(27)40-19-20-44-31(40)38-30(42)36-18-6-5-7-23-10-12-24(13-11-23)29-37-21-41(39-29)25-14-16-26(17-15-25)43-32(33,34)35/h3-4,8-17,21-22H,5-7,18-20H2,1-2H3,(H,36,42). The molecule has 230 valence electrons. The minimum absolute atomic E-state index is 0.299. The number of thioether (sulfide) groups is 1. The van der Waals surface area contributed by atoms with Crippen LogP contribution in [0, 0.1) is 0 Å². The van der Waals surface area contributed by atoms with Crippen LogP contribution in [0.25, 0.3) is 17.1 Å². The van der Waals surface area contributed by atoms with Crippen LogP contribution >= 0.6 is 11.8 Å². The molecule has 8 nitrogen and oxygen atoms in total. The van der Waals surface area contributed by atoms with E-state index in [2.05, 4.69) is 56.0 Å². The normalized spacial score (nSPS) is 14.4. The molecule has 0 bridgehead atoms. The molecule has 1 N–H and O–H groups in total. The van der Waals surface area contributed by atoms with E-state index < -0.39 is 6.36 Å². The fourth-order valence-electron chi connectivity index (χ4n) is 4.86. The molecule has 1 aromatic heterocycles. The van der Waals surface area contributed by atoms with Gasteiger partial charge in [-0.3, -0.25) is 0 Å². The number of amidine groups is 1. The first kappa shape index (κ1) is 31.1. The van der Waals surface area contributed by atoms with Gasteiger partial charge in [0.05, 0.1) is 5.69 Å². The van der Waals surface area contributed by atoms with Crippen LogP contribution in [0.1, 0.15) is 43.7 Å². The number of unbranched alkanes of at least 4 members (excludes halogenated alkanes) is 1. The van der Waals surface area contributed by atoms with Gasteiger partial charge in [-0.05, 0) is 66.6 Å². The van der Waals surface area contributed by atoms with Crippen LogP contribution in [-0.2, 0) is 6.42 Å². The second kappa shape index (κ2) is 14.0. The van der Waals surface area contributed by atoms with Gasteiger partial charge in [0.1, 0.15) is 12.1 Å². The van der Waals surface area contributed by atoms with E-state index in [0.29, 0.717) is 24.0 Å². The summed E-state index contributed by atoms with van der Waals surface area (Å²) in [6.45, 7) is 5.71. The molecule has 0 spiro atoms. The average molecular weight is 623 g/mol. The molecule has 1 fully saturated rings. The third kappa shape index (κ3) is 8.19. The Bertz CT molecular complexity index is 1590. The number of carbonyl (C=O) groups is 1. The minimum atomic E-state index is -4.74. The topological polar surface area (TPSA) is 84.6 Å². The van der Waals surface area contributed by atoms with E-state index in [1.807, 2.05) is 36.4 Å². The molecule has 0 radical (unpaired) electrons. The number of aryl methyl sites for hydroxylation is 1. The Morgan fingerprint density at radius 2 is 1.80 bits per heavy atom. The number of carbonyl (C=O) groups excluding carboxylic acids is 1. The number of anilines is 1. The summed E-state index contributed by atoms with van der Waals surface area (Å²) in [6.07, 6.45) is -0.647. The van der Waals surface area contributed by atoms with Crippen molar-refractivity contribution in [1.82, 2.24) is 20.1 Å².